The predicted octanol–water partition coefficient (Wildman–Crippen LogP) is 5.48. The molecule has 8 nitrogen and oxygen atoms in total. The Labute approximate surface area is 240 Å². The highest BCUT2D eigenvalue weighted by molar-refractivity contribution is 5.89. The molecule has 3 aromatic rings. The van der Waals surface area contributed by atoms with Gasteiger partial charge in [0, 0.05) is 25.3 Å². The summed E-state index contributed by atoms with van der Waals surface area (Å²) in [6, 6.07) is 19.1. The number of aliphatic carboxylic acids is 1. The first-order valence-electron chi connectivity index (χ1n) is 14.0. The fourth-order valence-electron chi connectivity index (χ4n) is 4.74. The lowest BCUT2D eigenvalue weighted by Crippen LogP contribution is -2.40. The molecular formula is C32H37FN2O6. The summed E-state index contributed by atoms with van der Waals surface area (Å²) in [7, 11) is 0. The molecule has 1 unspecified atom stereocenters. The molecule has 2 N–H and O–H groups in total. The van der Waals surface area contributed by atoms with Crippen LogP contribution in [0.5, 0.6) is 5.75 Å². The molecule has 1 aliphatic rings. The van der Waals surface area contributed by atoms with Crippen molar-refractivity contribution in [1.82, 2.24) is 4.90 Å². The minimum Gasteiger partial charge on any atom is -0.492 e. The lowest BCUT2D eigenvalue weighted by atomic mass is 10.1. The van der Waals surface area contributed by atoms with Gasteiger partial charge in [0.15, 0.2) is 6.10 Å². The van der Waals surface area contributed by atoms with Crippen LogP contribution in [0, 0.1) is 5.82 Å². The van der Waals surface area contributed by atoms with Crippen LogP contribution in [0.25, 0.3) is 0 Å². The minimum absolute atomic E-state index is 0.247. The van der Waals surface area contributed by atoms with Gasteiger partial charge in [-0.3, -0.25) is 0 Å². The van der Waals surface area contributed by atoms with Gasteiger partial charge in [0.05, 0.1) is 19.8 Å². The molecule has 0 radical (unpaired) electrons. The Morgan fingerprint density at radius 1 is 0.951 bits per heavy atom. The Morgan fingerprint density at radius 2 is 1.66 bits per heavy atom. The van der Waals surface area contributed by atoms with Crippen molar-refractivity contribution in [3.05, 3.63) is 94.8 Å². The molecule has 1 atom stereocenters. The molecule has 1 aliphatic carbocycles. The number of anilines is 1. The SMILES string of the molecule is CCOC(Cc1ccc(OCCN(CCOCc2ccc(F)cc2)C(=O)Nc2ccc3c(c2)CCC3)cc1)C(=O)O. The second-order valence-corrected chi connectivity index (χ2v) is 9.91. The monoisotopic (exact) mass is 564 g/mol. The summed E-state index contributed by atoms with van der Waals surface area (Å²) in [5.41, 5.74) is 5.05. The number of carboxylic acid groups (broad SMARTS) is 1. The molecule has 0 fully saturated rings. The van der Waals surface area contributed by atoms with Gasteiger partial charge < -0.3 is 29.5 Å². The van der Waals surface area contributed by atoms with Gasteiger partial charge in [0.25, 0.3) is 0 Å². The summed E-state index contributed by atoms with van der Waals surface area (Å²) < 4.78 is 30.1. The average Bonchev–Trinajstić information content (AvgIpc) is 3.44. The Balaban J connectivity index is 1.31. The number of benzene rings is 3. The molecule has 218 valence electrons. The molecular weight excluding hydrogens is 527 g/mol. The number of fused-ring (bicyclic) bond motifs is 1. The van der Waals surface area contributed by atoms with E-state index in [1.807, 2.05) is 24.3 Å². The first kappa shape index (κ1) is 30.0. The van der Waals surface area contributed by atoms with Gasteiger partial charge in [0.2, 0.25) is 0 Å². The molecule has 4 rings (SSSR count). The van der Waals surface area contributed by atoms with E-state index in [1.165, 1.54) is 23.3 Å². The molecule has 0 bridgehead atoms. The van der Waals surface area contributed by atoms with Crippen LogP contribution in [-0.4, -0.2) is 61.0 Å². The van der Waals surface area contributed by atoms with E-state index in [2.05, 4.69) is 11.4 Å². The van der Waals surface area contributed by atoms with E-state index in [1.54, 1.807) is 36.1 Å². The van der Waals surface area contributed by atoms with E-state index in [-0.39, 0.29) is 24.9 Å². The summed E-state index contributed by atoms with van der Waals surface area (Å²) >= 11 is 0. The van der Waals surface area contributed by atoms with Crippen LogP contribution in [-0.2, 0) is 40.1 Å². The van der Waals surface area contributed by atoms with Crippen LogP contribution >= 0.6 is 0 Å². The Morgan fingerprint density at radius 3 is 2.39 bits per heavy atom. The number of halogens is 1. The number of carbonyl (C=O) groups excluding carboxylic acids is 1. The highest BCUT2D eigenvalue weighted by Crippen LogP contribution is 2.25. The highest BCUT2D eigenvalue weighted by atomic mass is 19.1. The fraction of sp³-hybridized carbons (Fsp3) is 0.375. The van der Waals surface area contributed by atoms with Gasteiger partial charge in [-0.2, -0.15) is 0 Å². The molecule has 3 aromatic carbocycles. The fourth-order valence-corrected chi connectivity index (χ4v) is 4.74. The lowest BCUT2D eigenvalue weighted by Gasteiger charge is -2.23. The smallest absolute Gasteiger partial charge is 0.333 e. The summed E-state index contributed by atoms with van der Waals surface area (Å²) in [6.45, 7) is 3.62. The highest BCUT2D eigenvalue weighted by Gasteiger charge is 2.19. The summed E-state index contributed by atoms with van der Waals surface area (Å²) in [5, 5.41) is 12.3. The number of nitrogens with one attached hydrogen (secondary N) is 1. The van der Waals surface area contributed by atoms with Crippen molar-refractivity contribution in [1.29, 1.82) is 0 Å². The Bertz CT molecular complexity index is 1280. The van der Waals surface area contributed by atoms with Crippen LogP contribution in [0.3, 0.4) is 0 Å². The van der Waals surface area contributed by atoms with Gasteiger partial charge in [-0.15, -0.1) is 0 Å². The lowest BCUT2D eigenvalue weighted by molar-refractivity contribution is -0.149. The van der Waals surface area contributed by atoms with E-state index in [4.69, 9.17) is 14.2 Å². The number of nitrogens with zero attached hydrogens (tertiary/aromatic N) is 1. The van der Waals surface area contributed by atoms with Crippen LogP contribution < -0.4 is 10.1 Å². The maximum atomic E-state index is 13.2. The van der Waals surface area contributed by atoms with Crippen molar-refractivity contribution in [2.75, 3.05) is 38.2 Å². The standard InChI is InChI=1S/C32H37FN2O6/c1-2-40-30(31(36)37)20-23-8-14-29(15-9-23)41-19-17-35(16-18-39-22-24-6-11-27(33)12-7-24)32(38)34-28-13-10-25-4-3-5-26(25)21-28/h6-15,21,30H,2-5,16-20,22H2,1H3,(H,34,38)(H,36,37). The molecule has 0 saturated carbocycles. The largest absolute Gasteiger partial charge is 0.492 e. The predicted molar refractivity (Wildman–Crippen MR) is 154 cm³/mol. The van der Waals surface area contributed by atoms with Gasteiger partial charge in [-0.25, -0.2) is 14.0 Å². The van der Waals surface area contributed by atoms with Crippen molar-refractivity contribution in [2.45, 2.75) is 45.3 Å². The molecule has 0 aromatic heterocycles. The van der Waals surface area contributed by atoms with E-state index in [0.717, 1.165) is 36.1 Å². The third-order valence-corrected chi connectivity index (χ3v) is 6.94. The molecule has 0 spiro atoms. The summed E-state index contributed by atoms with van der Waals surface area (Å²) in [4.78, 5) is 26.2. The van der Waals surface area contributed by atoms with Crippen molar-refractivity contribution >= 4 is 17.7 Å². The maximum Gasteiger partial charge on any atom is 0.333 e. The van der Waals surface area contributed by atoms with Crippen LogP contribution in [0.2, 0.25) is 0 Å². The van der Waals surface area contributed by atoms with E-state index in [9.17, 15) is 19.1 Å². The third kappa shape index (κ3) is 9.30. The zero-order chi connectivity index (χ0) is 29.0. The normalized spacial score (nSPS) is 12.9. The van der Waals surface area contributed by atoms with Crippen molar-refractivity contribution in [3.8, 4) is 5.75 Å². The minimum atomic E-state index is -0.993. The number of carbonyl (C=O) groups is 2. The van der Waals surface area contributed by atoms with Crippen molar-refractivity contribution < 1.29 is 33.3 Å². The third-order valence-electron chi connectivity index (χ3n) is 6.94. The molecule has 41 heavy (non-hydrogen) atoms. The first-order valence-corrected chi connectivity index (χ1v) is 14.0. The van der Waals surface area contributed by atoms with Crippen LogP contribution in [0.4, 0.5) is 14.9 Å². The number of hydrogen-bond acceptors (Lipinski definition) is 5. The van der Waals surface area contributed by atoms with Gasteiger partial charge in [-0.05, 0) is 84.8 Å². The molecule has 0 saturated heterocycles. The molecule has 2 amide bonds. The number of carboxylic acids is 1. The Hall–Kier alpha value is -3.95. The topological polar surface area (TPSA) is 97.3 Å². The number of urea groups is 1. The Kier molecular flexibility index (Phi) is 11.1. The van der Waals surface area contributed by atoms with Crippen LogP contribution in [0.15, 0.2) is 66.7 Å². The van der Waals surface area contributed by atoms with Gasteiger partial charge >= 0.3 is 12.0 Å². The van der Waals surface area contributed by atoms with Gasteiger partial charge in [0.1, 0.15) is 18.2 Å². The van der Waals surface area contributed by atoms with Crippen molar-refractivity contribution in [2.24, 2.45) is 0 Å². The molecule has 0 heterocycles. The zero-order valence-electron chi connectivity index (χ0n) is 23.3. The molecule has 0 aliphatic heterocycles. The summed E-state index contributed by atoms with van der Waals surface area (Å²) in [6.07, 6.45) is 2.60. The summed E-state index contributed by atoms with van der Waals surface area (Å²) in [5.74, 6) is -0.677. The second kappa shape index (κ2) is 15.2. The van der Waals surface area contributed by atoms with Crippen LogP contribution in [0.1, 0.15) is 35.6 Å². The quantitative estimate of drug-likeness (QED) is 0.238. The van der Waals surface area contributed by atoms with E-state index < -0.39 is 12.1 Å². The number of ether oxygens (including phenoxy) is 3. The van der Waals surface area contributed by atoms with Gasteiger partial charge in [-0.1, -0.05) is 30.3 Å². The average molecular weight is 565 g/mol. The number of rotatable bonds is 15. The molecule has 9 heteroatoms. The van der Waals surface area contributed by atoms with Crippen molar-refractivity contribution in [3.63, 3.8) is 0 Å². The number of aryl methyl sites for hydroxylation is 2. The van der Waals surface area contributed by atoms with E-state index in [0.29, 0.717) is 38.7 Å². The number of hydrogen-bond donors (Lipinski definition) is 2. The first-order chi connectivity index (χ1) is 19.9. The maximum absolute atomic E-state index is 13.2. The zero-order valence-corrected chi connectivity index (χ0v) is 23.3. The van der Waals surface area contributed by atoms with E-state index >= 15 is 0 Å². The second-order valence-electron chi connectivity index (χ2n) is 9.91. The number of amides is 2.